The van der Waals surface area contributed by atoms with Gasteiger partial charge in [-0.3, -0.25) is 0 Å². The van der Waals surface area contributed by atoms with E-state index in [1.165, 1.54) is 11.1 Å². The van der Waals surface area contributed by atoms with Crippen molar-refractivity contribution in [3.05, 3.63) is 70.5 Å². The van der Waals surface area contributed by atoms with Crippen LogP contribution in [0.15, 0.2) is 42.5 Å². The molecule has 0 radical (unpaired) electrons. The number of halogens is 1. The zero-order valence-corrected chi connectivity index (χ0v) is 16.0. The molecular weight excluding hydrogens is 339 g/mol. The molecule has 5 heteroatoms. The number of benzene rings is 2. The summed E-state index contributed by atoms with van der Waals surface area (Å²) in [7, 11) is 0. The van der Waals surface area contributed by atoms with Crippen LogP contribution in [0.4, 0.5) is 16.2 Å². The number of anilines is 2. The van der Waals surface area contributed by atoms with Crippen LogP contribution in [0.25, 0.3) is 11.3 Å². The molecule has 0 spiro atoms. The van der Waals surface area contributed by atoms with Gasteiger partial charge in [-0.2, -0.15) is 4.98 Å². The van der Waals surface area contributed by atoms with E-state index in [2.05, 4.69) is 35.2 Å². The zero-order valence-electron chi connectivity index (χ0n) is 16.0. The molecule has 140 valence electrons. The number of nitrogens with one attached hydrogen (secondary N) is 1. The van der Waals surface area contributed by atoms with Gasteiger partial charge in [0.1, 0.15) is 11.6 Å². The molecule has 3 rings (SSSR count). The number of nitrogens with two attached hydrogens (primary N) is 1. The second-order valence-corrected chi connectivity index (χ2v) is 6.86. The maximum absolute atomic E-state index is 13.6. The summed E-state index contributed by atoms with van der Waals surface area (Å²) < 4.78 is 13.6. The molecule has 27 heavy (non-hydrogen) atoms. The van der Waals surface area contributed by atoms with Crippen molar-refractivity contribution < 1.29 is 4.39 Å². The lowest BCUT2D eigenvalue weighted by molar-refractivity contribution is 0.615. The van der Waals surface area contributed by atoms with Crippen LogP contribution in [-0.4, -0.2) is 16.5 Å². The maximum atomic E-state index is 13.6. The van der Waals surface area contributed by atoms with Crippen molar-refractivity contribution >= 4 is 11.8 Å². The molecule has 2 aromatic carbocycles. The van der Waals surface area contributed by atoms with Crippen LogP contribution in [0.3, 0.4) is 0 Å². The van der Waals surface area contributed by atoms with Crippen LogP contribution in [0.1, 0.15) is 28.7 Å². The molecule has 3 N–H and O–H groups in total. The van der Waals surface area contributed by atoms with Gasteiger partial charge in [-0.1, -0.05) is 30.3 Å². The fraction of sp³-hybridized carbons (Fsp3) is 0.273. The molecule has 0 bridgehead atoms. The van der Waals surface area contributed by atoms with Gasteiger partial charge in [0, 0.05) is 18.2 Å². The number of nitrogens with zero attached hydrogens (tertiary/aromatic N) is 2. The standard InChI is InChI=1S/C22H25FN4/c1-14-6-4-8-18(16(14)3)20-13-21(27-22(24)26-20)25-11-5-7-17-10-9-15(2)19(23)12-17/h4,6,8-10,12-13H,5,7,11H2,1-3H3,(H3,24,25,26,27). The Morgan fingerprint density at radius 1 is 1.00 bits per heavy atom. The molecule has 0 atom stereocenters. The first-order chi connectivity index (χ1) is 12.9. The summed E-state index contributed by atoms with van der Waals surface area (Å²) in [5.41, 5.74) is 11.8. The summed E-state index contributed by atoms with van der Waals surface area (Å²) in [6.45, 7) is 6.65. The number of rotatable bonds is 6. The first kappa shape index (κ1) is 18.8. The molecule has 0 aliphatic carbocycles. The highest BCUT2D eigenvalue weighted by atomic mass is 19.1. The molecule has 1 heterocycles. The number of hydrogen-bond acceptors (Lipinski definition) is 4. The largest absolute Gasteiger partial charge is 0.370 e. The van der Waals surface area contributed by atoms with Crippen molar-refractivity contribution in [2.75, 3.05) is 17.6 Å². The van der Waals surface area contributed by atoms with Crippen molar-refractivity contribution in [3.63, 3.8) is 0 Å². The summed E-state index contributed by atoms with van der Waals surface area (Å²) in [6.07, 6.45) is 1.67. The Labute approximate surface area is 159 Å². The molecule has 0 aliphatic heterocycles. The number of aryl methyl sites for hydroxylation is 3. The van der Waals surface area contributed by atoms with Crippen molar-refractivity contribution in [2.45, 2.75) is 33.6 Å². The van der Waals surface area contributed by atoms with Crippen molar-refractivity contribution in [1.82, 2.24) is 9.97 Å². The highest BCUT2D eigenvalue weighted by Crippen LogP contribution is 2.26. The molecule has 1 aromatic heterocycles. The van der Waals surface area contributed by atoms with Gasteiger partial charge in [0.15, 0.2) is 0 Å². The Morgan fingerprint density at radius 3 is 2.59 bits per heavy atom. The van der Waals surface area contributed by atoms with Crippen LogP contribution in [0.5, 0.6) is 0 Å². The first-order valence-electron chi connectivity index (χ1n) is 9.14. The topological polar surface area (TPSA) is 63.8 Å². The van der Waals surface area contributed by atoms with Crippen LogP contribution in [0.2, 0.25) is 0 Å². The van der Waals surface area contributed by atoms with Crippen molar-refractivity contribution in [1.29, 1.82) is 0 Å². The van der Waals surface area contributed by atoms with E-state index >= 15 is 0 Å². The Hall–Kier alpha value is -2.95. The van der Waals surface area contributed by atoms with Crippen molar-refractivity contribution in [2.24, 2.45) is 0 Å². The average Bonchev–Trinajstić information content (AvgIpc) is 2.63. The lowest BCUT2D eigenvalue weighted by atomic mass is 10.0. The Bertz CT molecular complexity index is 953. The molecule has 4 nitrogen and oxygen atoms in total. The monoisotopic (exact) mass is 364 g/mol. The molecular formula is C22H25FN4. The summed E-state index contributed by atoms with van der Waals surface area (Å²) in [5, 5.41) is 3.30. The fourth-order valence-electron chi connectivity index (χ4n) is 3.02. The second kappa shape index (κ2) is 8.16. The lowest BCUT2D eigenvalue weighted by Gasteiger charge is -2.11. The fourth-order valence-corrected chi connectivity index (χ4v) is 3.02. The van der Waals surface area contributed by atoms with Crippen LogP contribution < -0.4 is 11.1 Å². The van der Waals surface area contributed by atoms with Gasteiger partial charge in [0.2, 0.25) is 5.95 Å². The van der Waals surface area contributed by atoms with Gasteiger partial charge in [-0.15, -0.1) is 0 Å². The zero-order chi connectivity index (χ0) is 19.4. The quantitative estimate of drug-likeness (QED) is 0.615. The van der Waals surface area contributed by atoms with Crippen LogP contribution >= 0.6 is 0 Å². The summed E-state index contributed by atoms with van der Waals surface area (Å²) in [5.74, 6) is 0.798. The van der Waals surface area contributed by atoms with Gasteiger partial charge in [0.05, 0.1) is 5.69 Å². The summed E-state index contributed by atoms with van der Waals surface area (Å²) >= 11 is 0. The molecule has 0 aliphatic rings. The predicted molar refractivity (Wildman–Crippen MR) is 109 cm³/mol. The molecule has 3 aromatic rings. The van der Waals surface area contributed by atoms with E-state index in [1.807, 2.05) is 30.3 Å². The number of nitrogen functional groups attached to an aromatic ring is 1. The smallest absolute Gasteiger partial charge is 0.222 e. The first-order valence-corrected chi connectivity index (χ1v) is 9.14. The van der Waals surface area contributed by atoms with E-state index in [0.717, 1.165) is 36.2 Å². The van der Waals surface area contributed by atoms with E-state index in [9.17, 15) is 4.39 Å². The average molecular weight is 364 g/mol. The van der Waals surface area contributed by atoms with Gasteiger partial charge in [-0.25, -0.2) is 9.37 Å². The minimum atomic E-state index is -0.151. The third kappa shape index (κ3) is 4.61. The number of hydrogen-bond donors (Lipinski definition) is 2. The van der Waals surface area contributed by atoms with Gasteiger partial charge in [-0.05, 0) is 61.9 Å². The van der Waals surface area contributed by atoms with E-state index in [4.69, 9.17) is 5.73 Å². The third-order valence-corrected chi connectivity index (χ3v) is 4.81. The molecule has 0 unspecified atom stereocenters. The van der Waals surface area contributed by atoms with Crippen molar-refractivity contribution in [3.8, 4) is 11.3 Å². The normalized spacial score (nSPS) is 10.8. The summed E-state index contributed by atoms with van der Waals surface area (Å²) in [4.78, 5) is 8.66. The highest BCUT2D eigenvalue weighted by Gasteiger charge is 2.09. The minimum absolute atomic E-state index is 0.151. The Kier molecular flexibility index (Phi) is 5.69. The van der Waals surface area contributed by atoms with E-state index in [-0.39, 0.29) is 11.8 Å². The molecule has 0 saturated heterocycles. The van der Waals surface area contributed by atoms with Gasteiger partial charge >= 0.3 is 0 Å². The maximum Gasteiger partial charge on any atom is 0.222 e. The molecule has 0 amide bonds. The molecule has 0 fully saturated rings. The SMILES string of the molecule is Cc1ccc(CCCNc2cc(-c3cccc(C)c3C)nc(N)n2)cc1F. The summed E-state index contributed by atoms with van der Waals surface area (Å²) in [6, 6.07) is 13.5. The number of aromatic nitrogens is 2. The van der Waals surface area contributed by atoms with E-state index in [1.54, 1.807) is 13.0 Å². The Morgan fingerprint density at radius 2 is 1.81 bits per heavy atom. The lowest BCUT2D eigenvalue weighted by Crippen LogP contribution is -2.07. The van der Waals surface area contributed by atoms with E-state index < -0.39 is 0 Å². The Balaban J connectivity index is 1.66. The highest BCUT2D eigenvalue weighted by molar-refractivity contribution is 5.68. The third-order valence-electron chi connectivity index (χ3n) is 4.81. The van der Waals surface area contributed by atoms with Gasteiger partial charge in [0.25, 0.3) is 0 Å². The van der Waals surface area contributed by atoms with Gasteiger partial charge < -0.3 is 11.1 Å². The molecule has 0 saturated carbocycles. The predicted octanol–water partition coefficient (Wildman–Crippen LogP) is 4.83. The van der Waals surface area contributed by atoms with Crippen LogP contribution in [0, 0.1) is 26.6 Å². The minimum Gasteiger partial charge on any atom is -0.370 e. The van der Waals surface area contributed by atoms with E-state index in [0.29, 0.717) is 11.4 Å². The van der Waals surface area contributed by atoms with Crippen LogP contribution in [-0.2, 0) is 6.42 Å². The second-order valence-electron chi connectivity index (χ2n) is 6.86.